The molecular formula is C20H16N4O4. The molecule has 0 unspecified atom stereocenters. The van der Waals surface area contributed by atoms with Gasteiger partial charge < -0.3 is 19.9 Å². The molecule has 8 heteroatoms. The molecule has 3 rings (SSSR count). The number of hydrogen-bond acceptors (Lipinski definition) is 6. The first-order valence-corrected chi connectivity index (χ1v) is 8.29. The molecule has 0 spiro atoms. The Morgan fingerprint density at radius 3 is 2.61 bits per heavy atom. The second-order valence-electron chi connectivity index (χ2n) is 5.70. The van der Waals surface area contributed by atoms with Crippen molar-refractivity contribution in [1.29, 1.82) is 5.26 Å². The van der Waals surface area contributed by atoms with Crippen LogP contribution in [0.2, 0.25) is 0 Å². The van der Waals surface area contributed by atoms with E-state index in [1.54, 1.807) is 55.6 Å². The predicted molar refractivity (Wildman–Crippen MR) is 99.8 cm³/mol. The second-order valence-corrected chi connectivity index (χ2v) is 5.70. The number of nitriles is 1. The number of aromatic nitrogens is 1. The SMILES string of the molecule is COc1ccc(C(=O)NCc2cc(C(=O)Nc3ccccc3C#N)no2)cc1. The van der Waals surface area contributed by atoms with Crippen LogP contribution < -0.4 is 15.4 Å². The van der Waals surface area contributed by atoms with E-state index in [9.17, 15) is 9.59 Å². The van der Waals surface area contributed by atoms with E-state index in [0.717, 1.165) is 0 Å². The first-order valence-electron chi connectivity index (χ1n) is 8.29. The highest BCUT2D eigenvalue weighted by Crippen LogP contribution is 2.15. The molecule has 1 aromatic heterocycles. The summed E-state index contributed by atoms with van der Waals surface area (Å²) >= 11 is 0. The minimum atomic E-state index is -0.515. The Kier molecular flexibility index (Phi) is 5.67. The fraction of sp³-hybridized carbons (Fsp3) is 0.100. The van der Waals surface area contributed by atoms with Crippen molar-refractivity contribution in [2.45, 2.75) is 6.54 Å². The number of nitrogens with zero attached hydrogens (tertiary/aromatic N) is 2. The zero-order valence-corrected chi connectivity index (χ0v) is 14.9. The summed E-state index contributed by atoms with van der Waals surface area (Å²) in [6.07, 6.45) is 0. The zero-order valence-electron chi connectivity index (χ0n) is 14.9. The van der Waals surface area contributed by atoms with E-state index in [-0.39, 0.29) is 18.1 Å². The summed E-state index contributed by atoms with van der Waals surface area (Å²) in [5.74, 6) is 0.160. The number of anilines is 1. The van der Waals surface area contributed by atoms with Crippen molar-refractivity contribution in [2.75, 3.05) is 12.4 Å². The topological polar surface area (TPSA) is 117 Å². The fourth-order valence-electron chi connectivity index (χ4n) is 2.39. The first-order chi connectivity index (χ1) is 13.6. The summed E-state index contributed by atoms with van der Waals surface area (Å²) in [7, 11) is 1.55. The Morgan fingerprint density at radius 1 is 1.14 bits per heavy atom. The predicted octanol–water partition coefficient (Wildman–Crippen LogP) is 2.74. The average molecular weight is 376 g/mol. The average Bonchev–Trinajstić information content (AvgIpc) is 3.21. The van der Waals surface area contributed by atoms with Crippen molar-refractivity contribution in [3.05, 3.63) is 77.2 Å². The molecule has 0 saturated carbocycles. The Balaban J connectivity index is 1.59. The number of ether oxygens (including phenoxy) is 1. The fourth-order valence-corrected chi connectivity index (χ4v) is 2.39. The lowest BCUT2D eigenvalue weighted by molar-refractivity contribution is 0.0945. The quantitative estimate of drug-likeness (QED) is 0.683. The number of amides is 2. The van der Waals surface area contributed by atoms with Gasteiger partial charge in [-0.2, -0.15) is 5.26 Å². The highest BCUT2D eigenvalue weighted by Gasteiger charge is 2.15. The minimum absolute atomic E-state index is 0.0430. The number of hydrogen-bond donors (Lipinski definition) is 2. The summed E-state index contributed by atoms with van der Waals surface area (Å²) < 4.78 is 10.1. The van der Waals surface area contributed by atoms with E-state index in [0.29, 0.717) is 28.3 Å². The van der Waals surface area contributed by atoms with Gasteiger partial charge in [0.25, 0.3) is 11.8 Å². The Labute approximate surface area is 160 Å². The molecule has 28 heavy (non-hydrogen) atoms. The van der Waals surface area contributed by atoms with Crippen LogP contribution in [-0.2, 0) is 6.54 Å². The minimum Gasteiger partial charge on any atom is -0.497 e. The smallest absolute Gasteiger partial charge is 0.277 e. The Morgan fingerprint density at radius 2 is 1.89 bits per heavy atom. The van der Waals surface area contributed by atoms with E-state index in [4.69, 9.17) is 14.5 Å². The van der Waals surface area contributed by atoms with Gasteiger partial charge in [0.15, 0.2) is 11.5 Å². The molecular weight excluding hydrogens is 360 g/mol. The van der Waals surface area contributed by atoms with E-state index in [1.165, 1.54) is 6.07 Å². The van der Waals surface area contributed by atoms with Crippen molar-refractivity contribution < 1.29 is 18.8 Å². The van der Waals surface area contributed by atoms with Gasteiger partial charge in [0.05, 0.1) is 24.9 Å². The highest BCUT2D eigenvalue weighted by atomic mass is 16.5. The lowest BCUT2D eigenvalue weighted by atomic mass is 10.2. The summed E-state index contributed by atoms with van der Waals surface area (Å²) in [5, 5.41) is 18.1. The molecule has 0 aliphatic heterocycles. The third-order valence-corrected chi connectivity index (χ3v) is 3.86. The van der Waals surface area contributed by atoms with Crippen molar-refractivity contribution in [1.82, 2.24) is 10.5 Å². The molecule has 2 amide bonds. The summed E-state index contributed by atoms with van der Waals surface area (Å²) in [4.78, 5) is 24.4. The van der Waals surface area contributed by atoms with Crippen LogP contribution in [0.1, 0.15) is 32.2 Å². The van der Waals surface area contributed by atoms with Crippen molar-refractivity contribution in [3.8, 4) is 11.8 Å². The van der Waals surface area contributed by atoms with E-state index in [1.807, 2.05) is 6.07 Å². The maximum Gasteiger partial charge on any atom is 0.277 e. The number of nitrogens with one attached hydrogen (secondary N) is 2. The van der Waals surface area contributed by atoms with Gasteiger partial charge in [0, 0.05) is 11.6 Å². The van der Waals surface area contributed by atoms with Gasteiger partial charge in [-0.1, -0.05) is 17.3 Å². The van der Waals surface area contributed by atoms with Crippen molar-refractivity contribution >= 4 is 17.5 Å². The molecule has 0 atom stereocenters. The molecule has 2 aromatic carbocycles. The summed E-state index contributed by atoms with van der Waals surface area (Å²) in [5.41, 5.74) is 1.23. The highest BCUT2D eigenvalue weighted by molar-refractivity contribution is 6.03. The summed E-state index contributed by atoms with van der Waals surface area (Å²) in [6.45, 7) is 0.0694. The van der Waals surface area contributed by atoms with Crippen molar-refractivity contribution in [3.63, 3.8) is 0 Å². The van der Waals surface area contributed by atoms with Crippen LogP contribution in [0, 0.1) is 11.3 Å². The lowest BCUT2D eigenvalue weighted by Gasteiger charge is -2.04. The number of benzene rings is 2. The molecule has 8 nitrogen and oxygen atoms in total. The Bertz CT molecular complexity index is 1030. The van der Waals surface area contributed by atoms with E-state index >= 15 is 0 Å². The van der Waals surface area contributed by atoms with E-state index < -0.39 is 5.91 Å². The van der Waals surface area contributed by atoms with Crippen molar-refractivity contribution in [2.24, 2.45) is 0 Å². The molecule has 0 bridgehead atoms. The number of rotatable bonds is 6. The molecule has 3 aromatic rings. The standard InChI is InChI=1S/C20H16N4O4/c1-27-15-8-6-13(7-9-15)19(25)22-12-16-10-18(24-28-16)20(26)23-17-5-3-2-4-14(17)11-21/h2-10H,12H2,1H3,(H,22,25)(H,23,26). The number of para-hydroxylation sites is 1. The van der Waals surface area contributed by atoms with Gasteiger partial charge >= 0.3 is 0 Å². The Hall–Kier alpha value is -4.12. The summed E-state index contributed by atoms with van der Waals surface area (Å²) in [6, 6.07) is 16.7. The van der Waals surface area contributed by atoms with Crippen LogP contribution in [0.5, 0.6) is 5.75 Å². The van der Waals surface area contributed by atoms with E-state index in [2.05, 4.69) is 15.8 Å². The molecule has 1 heterocycles. The van der Waals surface area contributed by atoms with Crippen LogP contribution in [0.4, 0.5) is 5.69 Å². The van der Waals surface area contributed by atoms with Gasteiger partial charge in [-0.25, -0.2) is 0 Å². The van der Waals surface area contributed by atoms with Gasteiger partial charge in [0.1, 0.15) is 11.8 Å². The normalized spacial score (nSPS) is 10.0. The van der Waals surface area contributed by atoms with Crippen LogP contribution in [-0.4, -0.2) is 24.1 Å². The molecule has 0 aliphatic carbocycles. The van der Waals surface area contributed by atoms with Crippen LogP contribution in [0.15, 0.2) is 59.1 Å². The molecule has 2 N–H and O–H groups in total. The van der Waals surface area contributed by atoms with Crippen LogP contribution in [0.3, 0.4) is 0 Å². The van der Waals surface area contributed by atoms with Gasteiger partial charge in [-0.15, -0.1) is 0 Å². The molecule has 140 valence electrons. The zero-order chi connectivity index (χ0) is 19.9. The van der Waals surface area contributed by atoms with Crippen LogP contribution in [0.25, 0.3) is 0 Å². The van der Waals surface area contributed by atoms with Gasteiger partial charge in [-0.3, -0.25) is 9.59 Å². The molecule has 0 saturated heterocycles. The number of carbonyl (C=O) groups excluding carboxylic acids is 2. The molecule has 0 fully saturated rings. The number of methoxy groups -OCH3 is 1. The maximum atomic E-state index is 12.3. The molecule has 0 aliphatic rings. The van der Waals surface area contributed by atoms with Gasteiger partial charge in [-0.05, 0) is 36.4 Å². The second kappa shape index (κ2) is 8.51. The molecule has 0 radical (unpaired) electrons. The third kappa shape index (κ3) is 4.34. The van der Waals surface area contributed by atoms with Gasteiger partial charge in [0.2, 0.25) is 0 Å². The number of carbonyl (C=O) groups is 2. The maximum absolute atomic E-state index is 12.3. The van der Waals surface area contributed by atoms with Crippen LogP contribution >= 0.6 is 0 Å². The largest absolute Gasteiger partial charge is 0.497 e. The lowest BCUT2D eigenvalue weighted by Crippen LogP contribution is -2.22. The first kappa shape index (κ1) is 18.7. The monoisotopic (exact) mass is 376 g/mol. The third-order valence-electron chi connectivity index (χ3n) is 3.86.